The third-order valence-corrected chi connectivity index (χ3v) is 3.95. The minimum absolute atomic E-state index is 0.132. The van der Waals surface area contributed by atoms with Gasteiger partial charge in [-0.3, -0.25) is 4.79 Å². The highest BCUT2D eigenvalue weighted by Crippen LogP contribution is 2.16. The molecule has 0 unspecified atom stereocenters. The zero-order chi connectivity index (χ0) is 19.4. The van der Waals surface area contributed by atoms with Crippen molar-refractivity contribution >= 4 is 11.6 Å². The average molecular weight is 368 g/mol. The number of benzene rings is 2. The minimum Gasteiger partial charge on any atom is -0.374 e. The van der Waals surface area contributed by atoms with Crippen molar-refractivity contribution in [2.45, 2.75) is 33.5 Å². The van der Waals surface area contributed by atoms with E-state index in [9.17, 15) is 9.18 Å². The lowest BCUT2D eigenvalue weighted by atomic mass is 10.2. The lowest BCUT2D eigenvalue weighted by Crippen LogP contribution is -2.14. The number of halogens is 1. The number of amides is 1. The molecule has 1 aromatic heterocycles. The summed E-state index contributed by atoms with van der Waals surface area (Å²) in [6.45, 7) is 6.16. The highest BCUT2D eigenvalue weighted by molar-refractivity contribution is 6.03. The Morgan fingerprint density at radius 2 is 1.96 bits per heavy atom. The number of hydrogen-bond donors (Lipinski definition) is 1. The van der Waals surface area contributed by atoms with Crippen LogP contribution in [-0.4, -0.2) is 27.0 Å². The third kappa shape index (κ3) is 4.57. The Bertz CT molecular complexity index is 935. The Hall–Kier alpha value is -3.06. The van der Waals surface area contributed by atoms with Crippen LogP contribution in [0.2, 0.25) is 0 Å². The van der Waals surface area contributed by atoms with Crippen molar-refractivity contribution in [3.63, 3.8) is 0 Å². The van der Waals surface area contributed by atoms with Crippen LogP contribution in [0.4, 0.5) is 10.1 Å². The molecule has 0 aliphatic heterocycles. The van der Waals surface area contributed by atoms with Crippen molar-refractivity contribution in [2.24, 2.45) is 0 Å². The summed E-state index contributed by atoms with van der Waals surface area (Å²) in [5.74, 6) is -0.696. The molecule has 2 aromatic carbocycles. The fraction of sp³-hybridized carbons (Fsp3) is 0.250. The van der Waals surface area contributed by atoms with Crippen LogP contribution in [0.15, 0.2) is 48.5 Å². The maximum Gasteiger partial charge on any atom is 0.278 e. The van der Waals surface area contributed by atoms with Crippen LogP contribution in [0.5, 0.6) is 0 Å². The quantitative estimate of drug-likeness (QED) is 0.717. The largest absolute Gasteiger partial charge is 0.374 e. The average Bonchev–Trinajstić information content (AvgIpc) is 3.02. The van der Waals surface area contributed by atoms with Crippen molar-refractivity contribution in [1.82, 2.24) is 15.0 Å². The summed E-state index contributed by atoms with van der Waals surface area (Å²) >= 11 is 0. The second-order valence-electron chi connectivity index (χ2n) is 6.43. The van der Waals surface area contributed by atoms with E-state index in [1.54, 1.807) is 25.1 Å². The number of carbonyl (C=O) groups excluding carboxylic acids is 1. The molecule has 6 nitrogen and oxygen atoms in total. The molecule has 3 aromatic rings. The van der Waals surface area contributed by atoms with Crippen molar-refractivity contribution in [2.75, 3.05) is 5.32 Å². The van der Waals surface area contributed by atoms with Gasteiger partial charge in [-0.05, 0) is 62.7 Å². The molecule has 140 valence electrons. The summed E-state index contributed by atoms with van der Waals surface area (Å²) in [6.07, 6.45) is 0.132. The lowest BCUT2D eigenvalue weighted by Gasteiger charge is -2.09. The topological polar surface area (TPSA) is 69.0 Å². The molecule has 1 N–H and O–H groups in total. The van der Waals surface area contributed by atoms with E-state index in [-0.39, 0.29) is 23.5 Å². The monoisotopic (exact) mass is 368 g/mol. The molecule has 1 amide bonds. The predicted molar refractivity (Wildman–Crippen MR) is 100 cm³/mol. The van der Waals surface area contributed by atoms with E-state index >= 15 is 0 Å². The molecule has 0 atom stereocenters. The number of aromatic nitrogens is 3. The molecule has 0 aliphatic rings. The molecular formula is C20H21FN4O2. The van der Waals surface area contributed by atoms with Gasteiger partial charge in [0.25, 0.3) is 5.91 Å². The Morgan fingerprint density at radius 3 is 2.67 bits per heavy atom. The van der Waals surface area contributed by atoms with Crippen LogP contribution in [0, 0.1) is 12.7 Å². The van der Waals surface area contributed by atoms with Crippen molar-refractivity contribution in [3.05, 3.63) is 71.3 Å². The van der Waals surface area contributed by atoms with Gasteiger partial charge in [0.1, 0.15) is 5.82 Å². The van der Waals surface area contributed by atoms with Crippen LogP contribution in [0.25, 0.3) is 5.69 Å². The van der Waals surface area contributed by atoms with Crippen LogP contribution in [0.3, 0.4) is 0 Å². The molecule has 3 rings (SSSR count). The third-order valence-electron chi connectivity index (χ3n) is 3.95. The first-order valence-corrected chi connectivity index (χ1v) is 8.64. The first-order chi connectivity index (χ1) is 12.9. The summed E-state index contributed by atoms with van der Waals surface area (Å²) in [5, 5.41) is 10.8. The van der Waals surface area contributed by atoms with Crippen molar-refractivity contribution in [3.8, 4) is 5.69 Å². The van der Waals surface area contributed by atoms with Crippen LogP contribution in [-0.2, 0) is 11.3 Å². The Balaban J connectivity index is 1.75. The van der Waals surface area contributed by atoms with E-state index < -0.39 is 0 Å². The van der Waals surface area contributed by atoms with Crippen molar-refractivity contribution in [1.29, 1.82) is 0 Å². The smallest absolute Gasteiger partial charge is 0.278 e. The SMILES string of the molecule is Cc1c(C(=O)Nc2cccc(COC(C)C)c2)nnn1-c1ccc(F)cc1. The summed E-state index contributed by atoms with van der Waals surface area (Å²) in [4.78, 5) is 12.6. The van der Waals surface area contributed by atoms with Gasteiger partial charge in [0.15, 0.2) is 5.69 Å². The molecule has 0 saturated carbocycles. The van der Waals surface area contributed by atoms with E-state index in [4.69, 9.17) is 4.74 Å². The standard InChI is InChI=1S/C20H21FN4O2/c1-13(2)27-12-15-5-4-6-17(11-15)22-20(26)19-14(3)25(24-23-19)18-9-7-16(21)8-10-18/h4-11,13H,12H2,1-3H3,(H,22,26). The molecule has 0 radical (unpaired) electrons. The molecule has 0 bridgehead atoms. The number of carbonyl (C=O) groups is 1. The number of hydrogen-bond acceptors (Lipinski definition) is 4. The normalized spacial score (nSPS) is 11.0. The lowest BCUT2D eigenvalue weighted by molar-refractivity contribution is 0.0657. The number of nitrogens with zero attached hydrogens (tertiary/aromatic N) is 3. The minimum atomic E-state index is -0.359. The van der Waals surface area contributed by atoms with Gasteiger partial charge < -0.3 is 10.1 Å². The van der Waals surface area contributed by atoms with Gasteiger partial charge >= 0.3 is 0 Å². The maximum atomic E-state index is 13.1. The van der Waals surface area contributed by atoms with Crippen molar-refractivity contribution < 1.29 is 13.9 Å². The second-order valence-corrected chi connectivity index (χ2v) is 6.43. The first kappa shape index (κ1) is 18.7. The Labute approximate surface area is 157 Å². The van der Waals surface area contributed by atoms with E-state index in [2.05, 4.69) is 15.6 Å². The van der Waals surface area contributed by atoms with E-state index in [0.29, 0.717) is 23.7 Å². The fourth-order valence-corrected chi connectivity index (χ4v) is 2.56. The van der Waals surface area contributed by atoms with Gasteiger partial charge in [-0.1, -0.05) is 17.3 Å². The van der Waals surface area contributed by atoms with Crippen LogP contribution < -0.4 is 5.32 Å². The Kier molecular flexibility index (Phi) is 5.61. The number of ether oxygens (including phenoxy) is 1. The van der Waals surface area contributed by atoms with Gasteiger partial charge in [-0.15, -0.1) is 5.10 Å². The fourth-order valence-electron chi connectivity index (χ4n) is 2.56. The number of nitrogens with one attached hydrogen (secondary N) is 1. The molecule has 0 aliphatic carbocycles. The van der Waals surface area contributed by atoms with Gasteiger partial charge in [0.05, 0.1) is 24.1 Å². The van der Waals surface area contributed by atoms with Gasteiger partial charge in [-0.25, -0.2) is 9.07 Å². The predicted octanol–water partition coefficient (Wildman–Crippen LogP) is 3.89. The number of anilines is 1. The molecule has 7 heteroatoms. The molecule has 0 saturated heterocycles. The highest BCUT2D eigenvalue weighted by Gasteiger charge is 2.17. The molecule has 27 heavy (non-hydrogen) atoms. The molecule has 0 spiro atoms. The zero-order valence-electron chi connectivity index (χ0n) is 15.4. The van der Waals surface area contributed by atoms with Crippen LogP contribution in [0.1, 0.15) is 35.6 Å². The molecule has 0 fully saturated rings. The number of rotatable bonds is 6. The van der Waals surface area contributed by atoms with Crippen LogP contribution >= 0.6 is 0 Å². The summed E-state index contributed by atoms with van der Waals surface area (Å²) in [7, 11) is 0. The first-order valence-electron chi connectivity index (χ1n) is 8.64. The molecule has 1 heterocycles. The van der Waals surface area contributed by atoms with E-state index in [0.717, 1.165) is 5.56 Å². The van der Waals surface area contributed by atoms with Gasteiger partial charge in [-0.2, -0.15) is 0 Å². The van der Waals surface area contributed by atoms with E-state index in [1.165, 1.54) is 16.8 Å². The van der Waals surface area contributed by atoms with E-state index in [1.807, 2.05) is 32.0 Å². The summed E-state index contributed by atoms with van der Waals surface area (Å²) in [6, 6.07) is 13.3. The van der Waals surface area contributed by atoms with Gasteiger partial charge in [0, 0.05) is 5.69 Å². The van der Waals surface area contributed by atoms with Gasteiger partial charge in [0.2, 0.25) is 0 Å². The molecular weight excluding hydrogens is 347 g/mol. The Morgan fingerprint density at radius 1 is 1.22 bits per heavy atom. The summed E-state index contributed by atoms with van der Waals surface area (Å²) in [5.41, 5.74) is 3.03. The zero-order valence-corrected chi connectivity index (χ0v) is 15.4. The second kappa shape index (κ2) is 8.09. The highest BCUT2D eigenvalue weighted by atomic mass is 19.1. The maximum absolute atomic E-state index is 13.1. The summed E-state index contributed by atoms with van der Waals surface area (Å²) < 4.78 is 20.2.